The summed E-state index contributed by atoms with van der Waals surface area (Å²) in [7, 11) is 0. The number of carbonyl (C=O) groups is 2. The van der Waals surface area contributed by atoms with E-state index in [2.05, 4.69) is 5.32 Å². The minimum absolute atomic E-state index is 0.0213. The second kappa shape index (κ2) is 5.89. The summed E-state index contributed by atoms with van der Waals surface area (Å²) in [5.74, 6) is -1.24. The fraction of sp³-hybridized carbons (Fsp3) is 0.545. The molecule has 0 aliphatic carbocycles. The van der Waals surface area contributed by atoms with Gasteiger partial charge in [0.05, 0.1) is 12.5 Å². The Balaban J connectivity index is 2.74. The summed E-state index contributed by atoms with van der Waals surface area (Å²) < 4.78 is 10.0. The Morgan fingerprint density at radius 3 is 2.94 bits per heavy atom. The number of ether oxygens (including phenoxy) is 2. The van der Waals surface area contributed by atoms with Gasteiger partial charge in [-0.05, 0) is 13.0 Å². The van der Waals surface area contributed by atoms with Gasteiger partial charge in [0.15, 0.2) is 12.0 Å². The smallest absolute Gasteiger partial charge is 0.313 e. The number of nitrogens with zero attached hydrogens (tertiary/aromatic N) is 1. The van der Waals surface area contributed by atoms with E-state index in [0.29, 0.717) is 0 Å². The molecule has 0 fully saturated rings. The van der Waals surface area contributed by atoms with Gasteiger partial charge in [-0.25, -0.2) is 0 Å². The summed E-state index contributed by atoms with van der Waals surface area (Å²) in [6.45, 7) is 3.32. The molecule has 0 saturated heterocycles. The highest BCUT2D eigenvalue weighted by molar-refractivity contribution is 5.76. The Morgan fingerprint density at radius 1 is 1.71 bits per heavy atom. The van der Waals surface area contributed by atoms with E-state index in [1.165, 1.54) is 13.0 Å². The number of nitriles is 1. The second-order valence-electron chi connectivity index (χ2n) is 3.54. The van der Waals surface area contributed by atoms with Crippen LogP contribution in [0, 0.1) is 17.2 Å². The van der Waals surface area contributed by atoms with Crippen LogP contribution < -0.4 is 5.32 Å². The Labute approximate surface area is 99.2 Å². The Kier molecular flexibility index (Phi) is 4.52. The fourth-order valence-corrected chi connectivity index (χ4v) is 1.51. The Hall–Kier alpha value is -2.03. The van der Waals surface area contributed by atoms with Crippen molar-refractivity contribution in [3.63, 3.8) is 0 Å². The first kappa shape index (κ1) is 13.0. The Bertz CT molecular complexity index is 383. The molecule has 2 atom stereocenters. The zero-order valence-electron chi connectivity index (χ0n) is 9.73. The van der Waals surface area contributed by atoms with Gasteiger partial charge in [0, 0.05) is 13.3 Å². The van der Waals surface area contributed by atoms with Crippen molar-refractivity contribution in [1.82, 2.24) is 5.32 Å². The van der Waals surface area contributed by atoms with Crippen molar-refractivity contribution in [2.24, 2.45) is 5.92 Å². The molecular weight excluding hydrogens is 224 g/mol. The van der Waals surface area contributed by atoms with E-state index in [-0.39, 0.29) is 24.7 Å². The summed E-state index contributed by atoms with van der Waals surface area (Å²) in [6, 6.07) is 1.81. The number of allylic oxidation sites excluding steroid dienone is 1. The topological polar surface area (TPSA) is 88.4 Å². The normalized spacial score (nSPS) is 22.8. The highest BCUT2D eigenvalue weighted by Crippen LogP contribution is 2.21. The average Bonchev–Trinajstić information content (AvgIpc) is 2.28. The predicted molar refractivity (Wildman–Crippen MR) is 57.1 cm³/mol. The molecule has 1 aliphatic heterocycles. The van der Waals surface area contributed by atoms with Crippen LogP contribution in [0.4, 0.5) is 0 Å². The molecule has 17 heavy (non-hydrogen) atoms. The summed E-state index contributed by atoms with van der Waals surface area (Å²) in [5.41, 5.74) is 0. The third-order valence-electron chi connectivity index (χ3n) is 2.15. The first-order valence-electron chi connectivity index (χ1n) is 5.29. The minimum atomic E-state index is -0.665. The monoisotopic (exact) mass is 238 g/mol. The van der Waals surface area contributed by atoms with Crippen LogP contribution in [-0.2, 0) is 19.1 Å². The van der Waals surface area contributed by atoms with E-state index in [1.54, 1.807) is 6.92 Å². The van der Waals surface area contributed by atoms with Crippen LogP contribution >= 0.6 is 0 Å². The van der Waals surface area contributed by atoms with Crippen LogP contribution in [0.2, 0.25) is 0 Å². The molecule has 0 aromatic heterocycles. The highest BCUT2D eigenvalue weighted by Gasteiger charge is 2.29. The van der Waals surface area contributed by atoms with Gasteiger partial charge in [-0.1, -0.05) is 0 Å². The minimum Gasteiger partial charge on any atom is -0.466 e. The first-order chi connectivity index (χ1) is 8.06. The molecule has 1 aliphatic rings. The maximum absolute atomic E-state index is 11.5. The number of hydrogen-bond acceptors (Lipinski definition) is 5. The van der Waals surface area contributed by atoms with Gasteiger partial charge < -0.3 is 14.8 Å². The van der Waals surface area contributed by atoms with Crippen molar-refractivity contribution in [3.8, 4) is 6.07 Å². The lowest BCUT2D eigenvalue weighted by atomic mass is 10.0. The summed E-state index contributed by atoms with van der Waals surface area (Å²) in [4.78, 5) is 22.4. The van der Waals surface area contributed by atoms with Crippen LogP contribution in [-0.4, -0.2) is 24.7 Å². The van der Waals surface area contributed by atoms with Gasteiger partial charge in [0.2, 0.25) is 5.91 Å². The molecule has 0 unspecified atom stereocenters. The zero-order valence-corrected chi connectivity index (χ0v) is 9.73. The van der Waals surface area contributed by atoms with Crippen molar-refractivity contribution in [1.29, 1.82) is 5.26 Å². The zero-order chi connectivity index (χ0) is 12.8. The van der Waals surface area contributed by atoms with E-state index in [1.807, 2.05) is 6.07 Å². The standard InChI is InChI=1S/C11H14N2O4/c1-3-16-11(15)8-4-9(6-12)17-10(5-8)13-7(2)14/h4,8,10H,3,5H2,1-2H3,(H,13,14)/t8-,10-/m0/s1. The van der Waals surface area contributed by atoms with E-state index < -0.39 is 18.1 Å². The van der Waals surface area contributed by atoms with Gasteiger partial charge in [-0.15, -0.1) is 0 Å². The van der Waals surface area contributed by atoms with Crippen molar-refractivity contribution >= 4 is 11.9 Å². The van der Waals surface area contributed by atoms with Gasteiger partial charge in [-0.2, -0.15) is 5.26 Å². The van der Waals surface area contributed by atoms with E-state index in [0.717, 1.165) is 0 Å². The first-order valence-corrected chi connectivity index (χ1v) is 5.29. The molecule has 1 rings (SSSR count). The number of esters is 1. The quantitative estimate of drug-likeness (QED) is 0.721. The molecule has 1 amide bonds. The average molecular weight is 238 g/mol. The molecule has 92 valence electrons. The number of rotatable bonds is 3. The lowest BCUT2D eigenvalue weighted by Gasteiger charge is -2.26. The van der Waals surface area contributed by atoms with Crippen molar-refractivity contribution in [3.05, 3.63) is 11.8 Å². The van der Waals surface area contributed by atoms with E-state index >= 15 is 0 Å². The summed E-state index contributed by atoms with van der Waals surface area (Å²) in [6.07, 6.45) is 1.02. The van der Waals surface area contributed by atoms with Crippen LogP contribution in [0.15, 0.2) is 11.8 Å². The van der Waals surface area contributed by atoms with Crippen LogP contribution in [0.5, 0.6) is 0 Å². The van der Waals surface area contributed by atoms with Crippen molar-refractivity contribution in [2.45, 2.75) is 26.5 Å². The van der Waals surface area contributed by atoms with E-state index in [4.69, 9.17) is 14.7 Å². The molecular formula is C11H14N2O4. The Morgan fingerprint density at radius 2 is 2.41 bits per heavy atom. The maximum atomic E-state index is 11.5. The van der Waals surface area contributed by atoms with Crippen LogP contribution in [0.1, 0.15) is 20.3 Å². The van der Waals surface area contributed by atoms with Gasteiger partial charge in [-0.3, -0.25) is 9.59 Å². The molecule has 0 aromatic carbocycles. The lowest BCUT2D eigenvalue weighted by Crippen LogP contribution is -2.40. The SMILES string of the molecule is CCOC(=O)[C@H]1C=C(C#N)O[C@H](NC(C)=O)C1. The number of amides is 1. The largest absolute Gasteiger partial charge is 0.466 e. The van der Waals surface area contributed by atoms with Crippen molar-refractivity contribution in [2.75, 3.05) is 6.61 Å². The van der Waals surface area contributed by atoms with Crippen molar-refractivity contribution < 1.29 is 19.1 Å². The predicted octanol–water partition coefficient (Wildman–Crippen LogP) is 0.456. The van der Waals surface area contributed by atoms with Crippen LogP contribution in [0.3, 0.4) is 0 Å². The molecule has 1 N–H and O–H groups in total. The van der Waals surface area contributed by atoms with E-state index in [9.17, 15) is 9.59 Å². The third kappa shape index (κ3) is 3.79. The molecule has 0 aromatic rings. The number of hydrogen-bond donors (Lipinski definition) is 1. The molecule has 6 nitrogen and oxygen atoms in total. The lowest BCUT2D eigenvalue weighted by molar-refractivity contribution is -0.148. The van der Waals surface area contributed by atoms with Gasteiger partial charge in [0.1, 0.15) is 6.07 Å². The maximum Gasteiger partial charge on any atom is 0.313 e. The third-order valence-corrected chi connectivity index (χ3v) is 2.15. The molecule has 0 radical (unpaired) electrons. The summed E-state index contributed by atoms with van der Waals surface area (Å²) >= 11 is 0. The summed E-state index contributed by atoms with van der Waals surface area (Å²) in [5, 5.41) is 11.3. The number of nitrogens with one attached hydrogen (secondary N) is 1. The molecule has 6 heteroatoms. The van der Waals surface area contributed by atoms with Crippen LogP contribution in [0.25, 0.3) is 0 Å². The molecule has 0 saturated carbocycles. The highest BCUT2D eigenvalue weighted by atomic mass is 16.5. The molecule has 0 spiro atoms. The van der Waals surface area contributed by atoms with Gasteiger partial charge in [0.25, 0.3) is 0 Å². The molecule has 0 bridgehead atoms. The molecule has 1 heterocycles. The number of carbonyl (C=O) groups excluding carboxylic acids is 2. The fourth-order valence-electron chi connectivity index (χ4n) is 1.51. The second-order valence-corrected chi connectivity index (χ2v) is 3.54. The van der Waals surface area contributed by atoms with Gasteiger partial charge >= 0.3 is 5.97 Å².